The van der Waals surface area contributed by atoms with Crippen molar-refractivity contribution in [1.29, 1.82) is 0 Å². The van der Waals surface area contributed by atoms with Crippen LogP contribution in [0.15, 0.2) is 29.8 Å². The molecule has 114 valence electrons. The second-order valence-corrected chi connectivity index (χ2v) is 6.25. The molecule has 4 heteroatoms. The summed E-state index contributed by atoms with van der Waals surface area (Å²) >= 11 is 5.87. The second-order valence-electron chi connectivity index (χ2n) is 5.81. The Morgan fingerprint density at radius 2 is 1.90 bits per heavy atom. The molecule has 0 saturated heterocycles. The average Bonchev–Trinajstić information content (AvgIpc) is 2.48. The third-order valence-corrected chi connectivity index (χ3v) is 4.28. The van der Waals surface area contributed by atoms with Gasteiger partial charge in [-0.05, 0) is 50.3 Å². The van der Waals surface area contributed by atoms with Crippen molar-refractivity contribution in [1.82, 2.24) is 5.32 Å². The Morgan fingerprint density at radius 3 is 2.48 bits per heavy atom. The van der Waals surface area contributed by atoms with Crippen molar-refractivity contribution >= 4 is 23.6 Å². The SMILES string of the molecule is C/C(=C\c1ccc(Cl)cc1)CNC1CCC(C(=O)O)CC1. The summed E-state index contributed by atoms with van der Waals surface area (Å²) < 4.78 is 0. The first-order valence-corrected chi connectivity index (χ1v) is 7.81. The van der Waals surface area contributed by atoms with Crippen LogP contribution in [0.25, 0.3) is 6.08 Å². The second kappa shape index (κ2) is 7.62. The number of carboxylic acid groups (broad SMARTS) is 1. The van der Waals surface area contributed by atoms with E-state index in [0.29, 0.717) is 6.04 Å². The quantitative estimate of drug-likeness (QED) is 0.865. The van der Waals surface area contributed by atoms with Crippen LogP contribution in [0.5, 0.6) is 0 Å². The third-order valence-electron chi connectivity index (χ3n) is 4.03. The van der Waals surface area contributed by atoms with E-state index >= 15 is 0 Å². The molecule has 1 aliphatic carbocycles. The molecule has 0 aromatic heterocycles. The lowest BCUT2D eigenvalue weighted by Gasteiger charge is -2.27. The van der Waals surface area contributed by atoms with Crippen molar-refractivity contribution < 1.29 is 9.90 Å². The van der Waals surface area contributed by atoms with Crippen molar-refractivity contribution in [2.45, 2.75) is 38.6 Å². The Morgan fingerprint density at radius 1 is 1.29 bits per heavy atom. The largest absolute Gasteiger partial charge is 0.481 e. The summed E-state index contributed by atoms with van der Waals surface area (Å²) in [7, 11) is 0. The van der Waals surface area contributed by atoms with E-state index in [0.717, 1.165) is 42.8 Å². The molecule has 1 aromatic rings. The van der Waals surface area contributed by atoms with Crippen LogP contribution >= 0.6 is 11.6 Å². The molecule has 0 heterocycles. The van der Waals surface area contributed by atoms with Crippen molar-refractivity contribution in [3.8, 4) is 0 Å². The van der Waals surface area contributed by atoms with Gasteiger partial charge in [0.1, 0.15) is 0 Å². The monoisotopic (exact) mass is 307 g/mol. The van der Waals surface area contributed by atoms with Crippen molar-refractivity contribution in [2.24, 2.45) is 5.92 Å². The van der Waals surface area contributed by atoms with Gasteiger partial charge in [0.05, 0.1) is 5.92 Å². The standard InChI is InChI=1S/C17H22ClNO2/c1-12(10-13-2-6-15(18)7-3-13)11-19-16-8-4-14(5-9-16)17(20)21/h2-3,6-7,10,14,16,19H,4-5,8-9,11H2,1H3,(H,20,21)/b12-10+. The predicted octanol–water partition coefficient (Wildman–Crippen LogP) is 3.98. The molecule has 0 radical (unpaired) electrons. The van der Waals surface area contributed by atoms with Crippen LogP contribution in [0.2, 0.25) is 5.02 Å². The van der Waals surface area contributed by atoms with Gasteiger partial charge in [0.15, 0.2) is 0 Å². The fourth-order valence-electron chi connectivity index (χ4n) is 2.74. The van der Waals surface area contributed by atoms with Crippen LogP contribution in [0, 0.1) is 5.92 Å². The van der Waals surface area contributed by atoms with Crippen molar-refractivity contribution in [3.05, 3.63) is 40.4 Å². The van der Waals surface area contributed by atoms with E-state index in [9.17, 15) is 4.79 Å². The molecule has 0 aliphatic heterocycles. The lowest BCUT2D eigenvalue weighted by molar-refractivity contribution is -0.142. The van der Waals surface area contributed by atoms with E-state index in [-0.39, 0.29) is 5.92 Å². The molecule has 1 aliphatic rings. The summed E-state index contributed by atoms with van der Waals surface area (Å²) in [4.78, 5) is 10.9. The van der Waals surface area contributed by atoms with E-state index in [1.165, 1.54) is 5.57 Å². The van der Waals surface area contributed by atoms with Gasteiger partial charge in [0, 0.05) is 17.6 Å². The topological polar surface area (TPSA) is 49.3 Å². The summed E-state index contributed by atoms with van der Waals surface area (Å²) in [6.45, 7) is 2.94. The fourth-order valence-corrected chi connectivity index (χ4v) is 2.87. The number of carboxylic acids is 1. The maximum absolute atomic E-state index is 10.9. The number of halogens is 1. The van der Waals surface area contributed by atoms with Gasteiger partial charge in [0.2, 0.25) is 0 Å². The normalized spacial score (nSPS) is 23.0. The molecule has 1 saturated carbocycles. The Labute approximate surface area is 131 Å². The van der Waals surface area contributed by atoms with Gasteiger partial charge < -0.3 is 10.4 Å². The molecule has 1 aromatic carbocycles. The molecular weight excluding hydrogens is 286 g/mol. The summed E-state index contributed by atoms with van der Waals surface area (Å²) in [6, 6.07) is 8.23. The number of aliphatic carboxylic acids is 1. The summed E-state index contributed by atoms with van der Waals surface area (Å²) in [5.41, 5.74) is 2.41. The van der Waals surface area contributed by atoms with Crippen molar-refractivity contribution in [2.75, 3.05) is 6.54 Å². The maximum atomic E-state index is 10.9. The number of rotatable bonds is 5. The molecule has 0 amide bonds. The molecule has 2 rings (SSSR count). The zero-order valence-corrected chi connectivity index (χ0v) is 13.1. The predicted molar refractivity (Wildman–Crippen MR) is 86.5 cm³/mol. The molecule has 0 unspecified atom stereocenters. The lowest BCUT2D eigenvalue weighted by atomic mass is 9.86. The van der Waals surface area contributed by atoms with Gasteiger partial charge in [-0.2, -0.15) is 0 Å². The Hall–Kier alpha value is -1.32. The molecule has 0 atom stereocenters. The zero-order chi connectivity index (χ0) is 15.2. The van der Waals surface area contributed by atoms with Gasteiger partial charge in [-0.3, -0.25) is 4.79 Å². The fraction of sp³-hybridized carbons (Fsp3) is 0.471. The summed E-state index contributed by atoms with van der Waals surface area (Å²) in [5, 5.41) is 13.3. The number of carbonyl (C=O) groups is 1. The number of benzene rings is 1. The summed E-state index contributed by atoms with van der Waals surface area (Å²) in [5.74, 6) is -0.791. The molecule has 0 spiro atoms. The third kappa shape index (κ3) is 5.18. The first-order chi connectivity index (χ1) is 10.0. The van der Waals surface area contributed by atoms with E-state index in [4.69, 9.17) is 16.7 Å². The van der Waals surface area contributed by atoms with Gasteiger partial charge in [-0.25, -0.2) is 0 Å². The van der Waals surface area contributed by atoms with Gasteiger partial charge in [0.25, 0.3) is 0 Å². The molecule has 21 heavy (non-hydrogen) atoms. The first kappa shape index (κ1) is 16.1. The van der Waals surface area contributed by atoms with Gasteiger partial charge in [-0.1, -0.05) is 35.4 Å². The van der Waals surface area contributed by atoms with Crippen LogP contribution in [0.1, 0.15) is 38.2 Å². The molecule has 2 N–H and O–H groups in total. The lowest BCUT2D eigenvalue weighted by Crippen LogP contribution is -2.35. The molecular formula is C17H22ClNO2. The highest BCUT2D eigenvalue weighted by atomic mass is 35.5. The van der Waals surface area contributed by atoms with E-state index in [2.05, 4.69) is 18.3 Å². The van der Waals surface area contributed by atoms with Crippen LogP contribution in [0.3, 0.4) is 0 Å². The van der Waals surface area contributed by atoms with E-state index in [1.807, 2.05) is 24.3 Å². The van der Waals surface area contributed by atoms with Crippen molar-refractivity contribution in [3.63, 3.8) is 0 Å². The van der Waals surface area contributed by atoms with Crippen LogP contribution in [-0.2, 0) is 4.79 Å². The minimum Gasteiger partial charge on any atom is -0.481 e. The maximum Gasteiger partial charge on any atom is 0.306 e. The average molecular weight is 308 g/mol. The molecule has 1 fully saturated rings. The van der Waals surface area contributed by atoms with E-state index in [1.54, 1.807) is 0 Å². The van der Waals surface area contributed by atoms with Gasteiger partial charge in [-0.15, -0.1) is 0 Å². The highest BCUT2D eigenvalue weighted by Crippen LogP contribution is 2.24. The van der Waals surface area contributed by atoms with Crippen LogP contribution in [0.4, 0.5) is 0 Å². The van der Waals surface area contributed by atoms with Gasteiger partial charge >= 0.3 is 5.97 Å². The van der Waals surface area contributed by atoms with E-state index < -0.39 is 5.97 Å². The minimum atomic E-state index is -0.646. The Bertz CT molecular complexity index is 502. The number of nitrogens with one attached hydrogen (secondary N) is 1. The number of hydrogen-bond donors (Lipinski definition) is 2. The molecule has 3 nitrogen and oxygen atoms in total. The Kier molecular flexibility index (Phi) is 5.83. The highest BCUT2D eigenvalue weighted by Gasteiger charge is 2.25. The number of hydrogen-bond acceptors (Lipinski definition) is 2. The first-order valence-electron chi connectivity index (χ1n) is 7.43. The highest BCUT2D eigenvalue weighted by molar-refractivity contribution is 6.30. The minimum absolute atomic E-state index is 0.145. The summed E-state index contributed by atoms with van der Waals surface area (Å²) in [6.07, 6.45) is 5.61. The van der Waals surface area contributed by atoms with Crippen LogP contribution in [-0.4, -0.2) is 23.7 Å². The smallest absolute Gasteiger partial charge is 0.306 e. The Balaban J connectivity index is 1.78. The molecule has 0 bridgehead atoms. The van der Waals surface area contributed by atoms with Crippen LogP contribution < -0.4 is 5.32 Å². The zero-order valence-electron chi connectivity index (χ0n) is 12.3.